The average molecular weight is 299 g/mol. The van der Waals surface area contributed by atoms with Crippen molar-refractivity contribution in [1.29, 1.82) is 0 Å². The number of carbonyl (C=O) groups excluding carboxylic acids is 2. The van der Waals surface area contributed by atoms with Crippen LogP contribution in [0.3, 0.4) is 0 Å². The van der Waals surface area contributed by atoms with Gasteiger partial charge < -0.3 is 21.5 Å². The van der Waals surface area contributed by atoms with E-state index in [-0.39, 0.29) is 36.1 Å². The quantitative estimate of drug-likeness (QED) is 0.496. The van der Waals surface area contributed by atoms with E-state index in [9.17, 15) is 14.4 Å². The van der Waals surface area contributed by atoms with Gasteiger partial charge in [0, 0.05) is 6.54 Å². The zero-order valence-corrected chi connectivity index (χ0v) is 12.6. The van der Waals surface area contributed by atoms with E-state index < -0.39 is 12.0 Å². The second-order valence-corrected chi connectivity index (χ2v) is 6.19. The number of rotatable bonds is 8. The topological polar surface area (TPSA) is 122 Å². The lowest BCUT2D eigenvalue weighted by Crippen LogP contribution is -2.49. The fourth-order valence-electron chi connectivity index (χ4n) is 2.35. The van der Waals surface area contributed by atoms with Crippen LogP contribution < -0.4 is 16.4 Å². The predicted molar refractivity (Wildman–Crippen MR) is 77.4 cm³/mol. The Bertz CT molecular complexity index is 405. The molecule has 0 aromatic heterocycles. The molecule has 1 aliphatic carbocycles. The fourth-order valence-corrected chi connectivity index (χ4v) is 2.35. The summed E-state index contributed by atoms with van der Waals surface area (Å²) in [5, 5.41) is 14.1. The Morgan fingerprint density at radius 3 is 2.29 bits per heavy atom. The minimum Gasteiger partial charge on any atom is -0.481 e. The molecule has 21 heavy (non-hydrogen) atoms. The second-order valence-electron chi connectivity index (χ2n) is 6.19. The molecule has 1 aliphatic rings. The second kappa shape index (κ2) is 7.40. The maximum atomic E-state index is 11.7. The largest absolute Gasteiger partial charge is 0.481 e. The number of carboxylic acid groups (broad SMARTS) is 1. The van der Waals surface area contributed by atoms with Crippen LogP contribution in [-0.2, 0) is 14.4 Å². The van der Waals surface area contributed by atoms with E-state index in [2.05, 4.69) is 10.6 Å². The molecule has 0 aromatic rings. The zero-order valence-electron chi connectivity index (χ0n) is 12.6. The Hall–Kier alpha value is -1.63. The third kappa shape index (κ3) is 5.34. The molecule has 0 heterocycles. The molecule has 5 N–H and O–H groups in total. The van der Waals surface area contributed by atoms with E-state index in [1.807, 2.05) is 13.8 Å². The minimum absolute atomic E-state index is 0.00173. The van der Waals surface area contributed by atoms with Crippen LogP contribution in [0.4, 0.5) is 0 Å². The van der Waals surface area contributed by atoms with Gasteiger partial charge in [0.05, 0.1) is 19.0 Å². The molecule has 0 bridgehead atoms. The van der Waals surface area contributed by atoms with Crippen LogP contribution in [0.15, 0.2) is 0 Å². The number of nitrogens with two attached hydrogens (primary N) is 1. The lowest BCUT2D eigenvalue weighted by atomic mass is 9.66. The van der Waals surface area contributed by atoms with Crippen LogP contribution in [0.1, 0.15) is 39.5 Å². The van der Waals surface area contributed by atoms with Gasteiger partial charge in [0.25, 0.3) is 0 Å². The summed E-state index contributed by atoms with van der Waals surface area (Å²) in [6.07, 6.45) is 2.68. The van der Waals surface area contributed by atoms with Crippen molar-refractivity contribution in [3.63, 3.8) is 0 Å². The molecule has 0 aliphatic heterocycles. The summed E-state index contributed by atoms with van der Waals surface area (Å²) in [5.74, 6) is -1.53. The smallest absolute Gasteiger partial charge is 0.303 e. The summed E-state index contributed by atoms with van der Waals surface area (Å²) in [4.78, 5) is 34.1. The molecule has 2 amide bonds. The van der Waals surface area contributed by atoms with E-state index in [4.69, 9.17) is 10.8 Å². The number of amides is 2. The molecule has 7 nitrogen and oxygen atoms in total. The van der Waals surface area contributed by atoms with Crippen LogP contribution in [0, 0.1) is 11.3 Å². The minimum atomic E-state index is -0.847. The van der Waals surface area contributed by atoms with E-state index in [1.54, 1.807) is 0 Å². The molecule has 1 atom stereocenters. The van der Waals surface area contributed by atoms with Gasteiger partial charge in [-0.3, -0.25) is 14.4 Å². The summed E-state index contributed by atoms with van der Waals surface area (Å²) in [6.45, 7) is 3.86. The molecule has 1 rings (SSSR count). The van der Waals surface area contributed by atoms with Crippen molar-refractivity contribution in [2.24, 2.45) is 17.1 Å². The SMILES string of the molecule is CC(C)[C@H](N)C(=O)NCC(=O)NCC1(CC(=O)O)CCC1. The Balaban J connectivity index is 2.31. The molecule has 1 fully saturated rings. The van der Waals surface area contributed by atoms with E-state index in [0.717, 1.165) is 19.3 Å². The van der Waals surface area contributed by atoms with Crippen LogP contribution >= 0.6 is 0 Å². The number of carboxylic acids is 1. The van der Waals surface area contributed by atoms with E-state index in [1.165, 1.54) is 0 Å². The van der Waals surface area contributed by atoms with Gasteiger partial charge in [-0.05, 0) is 24.2 Å². The molecule has 0 saturated heterocycles. The molecule has 0 radical (unpaired) electrons. The third-order valence-corrected chi connectivity index (χ3v) is 4.05. The molecule has 7 heteroatoms. The van der Waals surface area contributed by atoms with Crippen LogP contribution in [-0.4, -0.2) is 42.0 Å². The Morgan fingerprint density at radius 2 is 1.86 bits per heavy atom. The Kier molecular flexibility index (Phi) is 6.14. The standard InChI is InChI=1S/C14H25N3O4/c1-9(2)12(15)13(21)16-7-10(18)17-8-14(4-3-5-14)6-11(19)20/h9,12H,3-8,15H2,1-2H3,(H,16,21)(H,17,18)(H,19,20)/t12-/m0/s1. The summed E-state index contributed by atoms with van der Waals surface area (Å²) < 4.78 is 0. The molecule has 0 aromatic carbocycles. The summed E-state index contributed by atoms with van der Waals surface area (Å²) >= 11 is 0. The van der Waals surface area contributed by atoms with Gasteiger partial charge in [0.1, 0.15) is 0 Å². The van der Waals surface area contributed by atoms with Gasteiger partial charge in [0.2, 0.25) is 11.8 Å². The van der Waals surface area contributed by atoms with Crippen molar-refractivity contribution >= 4 is 17.8 Å². The first-order chi connectivity index (χ1) is 9.76. The van der Waals surface area contributed by atoms with Crippen LogP contribution in [0.2, 0.25) is 0 Å². The van der Waals surface area contributed by atoms with Crippen molar-refractivity contribution in [2.75, 3.05) is 13.1 Å². The molecule has 0 unspecified atom stereocenters. The van der Waals surface area contributed by atoms with Crippen LogP contribution in [0.5, 0.6) is 0 Å². The normalized spacial score (nSPS) is 17.7. The summed E-state index contributed by atoms with van der Waals surface area (Å²) in [6, 6.07) is -0.636. The number of hydrogen-bond donors (Lipinski definition) is 4. The highest BCUT2D eigenvalue weighted by Crippen LogP contribution is 2.43. The summed E-state index contributed by atoms with van der Waals surface area (Å²) in [7, 11) is 0. The Labute approximate surface area is 124 Å². The molecule has 120 valence electrons. The highest BCUT2D eigenvalue weighted by Gasteiger charge is 2.39. The number of aliphatic carboxylic acids is 1. The predicted octanol–water partition coefficient (Wildman–Crippen LogP) is -0.153. The Morgan fingerprint density at radius 1 is 1.24 bits per heavy atom. The van der Waals surface area contributed by atoms with Gasteiger partial charge in [0.15, 0.2) is 0 Å². The van der Waals surface area contributed by atoms with Gasteiger partial charge in [-0.2, -0.15) is 0 Å². The van der Waals surface area contributed by atoms with Crippen molar-refractivity contribution in [3.8, 4) is 0 Å². The first-order valence-corrected chi connectivity index (χ1v) is 7.27. The number of hydrogen-bond acceptors (Lipinski definition) is 4. The van der Waals surface area contributed by atoms with Gasteiger partial charge in [-0.15, -0.1) is 0 Å². The summed E-state index contributed by atoms with van der Waals surface area (Å²) in [5.41, 5.74) is 5.35. The zero-order chi connectivity index (χ0) is 16.0. The molecular weight excluding hydrogens is 274 g/mol. The van der Waals surface area contributed by atoms with Gasteiger partial charge >= 0.3 is 5.97 Å². The van der Waals surface area contributed by atoms with E-state index >= 15 is 0 Å². The number of carbonyl (C=O) groups is 3. The monoisotopic (exact) mass is 299 g/mol. The van der Waals surface area contributed by atoms with Gasteiger partial charge in [-0.1, -0.05) is 20.3 Å². The lowest BCUT2D eigenvalue weighted by Gasteiger charge is -2.40. The van der Waals surface area contributed by atoms with Crippen molar-refractivity contribution < 1.29 is 19.5 Å². The maximum absolute atomic E-state index is 11.7. The molecule has 0 spiro atoms. The first-order valence-electron chi connectivity index (χ1n) is 7.27. The highest BCUT2D eigenvalue weighted by molar-refractivity contribution is 5.87. The van der Waals surface area contributed by atoms with Crippen molar-refractivity contribution in [2.45, 2.75) is 45.6 Å². The first kappa shape index (κ1) is 17.4. The van der Waals surface area contributed by atoms with Gasteiger partial charge in [-0.25, -0.2) is 0 Å². The average Bonchev–Trinajstić information content (AvgIpc) is 2.37. The lowest BCUT2D eigenvalue weighted by molar-refractivity contribution is -0.141. The molecule has 1 saturated carbocycles. The number of nitrogens with one attached hydrogen (secondary N) is 2. The molecular formula is C14H25N3O4. The fraction of sp³-hybridized carbons (Fsp3) is 0.786. The van der Waals surface area contributed by atoms with Crippen molar-refractivity contribution in [1.82, 2.24) is 10.6 Å². The van der Waals surface area contributed by atoms with Crippen LogP contribution in [0.25, 0.3) is 0 Å². The maximum Gasteiger partial charge on any atom is 0.303 e. The highest BCUT2D eigenvalue weighted by atomic mass is 16.4. The van der Waals surface area contributed by atoms with E-state index in [0.29, 0.717) is 6.54 Å². The third-order valence-electron chi connectivity index (χ3n) is 4.05. The van der Waals surface area contributed by atoms with Crippen molar-refractivity contribution in [3.05, 3.63) is 0 Å².